The SMILES string of the molecule is CCc1cc(CS(=O)(=O)c2ccccc2Cl)ccc1-c1cc(CC)c2nc(NC3CCC(N)CC3)ncc2c1. The molecular formula is C31H35ClN4O2S. The van der Waals surface area contributed by atoms with Crippen molar-refractivity contribution in [2.75, 3.05) is 5.32 Å². The van der Waals surface area contributed by atoms with Crippen molar-refractivity contribution in [2.45, 2.75) is 75.1 Å². The number of rotatable bonds is 8. The molecule has 1 heterocycles. The molecule has 0 spiro atoms. The molecule has 3 N–H and O–H groups in total. The van der Waals surface area contributed by atoms with E-state index in [0.717, 1.165) is 77.2 Å². The van der Waals surface area contributed by atoms with E-state index in [-0.39, 0.29) is 15.7 Å². The standard InChI is InChI=1S/C31H35ClN4O2S/c1-3-21-15-20(19-39(37,38)29-8-6-5-7-28(29)32)9-14-27(21)23-16-22(4-2)30-24(17-23)18-34-31(36-30)35-26-12-10-25(33)11-13-26/h5-9,14-18,25-26H,3-4,10-13,19,33H2,1-2H3,(H,34,35,36). The van der Waals surface area contributed by atoms with E-state index < -0.39 is 9.84 Å². The Bertz CT molecular complexity index is 1600. The van der Waals surface area contributed by atoms with Crippen molar-refractivity contribution >= 4 is 38.3 Å². The van der Waals surface area contributed by atoms with Gasteiger partial charge in [0.05, 0.1) is 21.2 Å². The molecule has 8 heteroatoms. The van der Waals surface area contributed by atoms with Gasteiger partial charge < -0.3 is 11.1 Å². The number of aryl methyl sites for hydroxylation is 2. The molecule has 3 aromatic carbocycles. The highest BCUT2D eigenvalue weighted by Gasteiger charge is 2.21. The topological polar surface area (TPSA) is 98.0 Å². The lowest BCUT2D eigenvalue weighted by Crippen LogP contribution is -2.33. The van der Waals surface area contributed by atoms with Crippen molar-refractivity contribution < 1.29 is 8.42 Å². The summed E-state index contributed by atoms with van der Waals surface area (Å²) >= 11 is 6.18. The lowest BCUT2D eigenvalue weighted by Gasteiger charge is -2.26. The molecule has 1 aliphatic rings. The second-order valence-corrected chi connectivity index (χ2v) is 12.8. The Hall–Kier alpha value is -3.00. The molecule has 0 atom stereocenters. The van der Waals surface area contributed by atoms with Crippen molar-refractivity contribution in [1.82, 2.24) is 9.97 Å². The molecule has 1 fully saturated rings. The summed E-state index contributed by atoms with van der Waals surface area (Å²) in [6, 6.07) is 17.5. The zero-order valence-corrected chi connectivity index (χ0v) is 24.0. The van der Waals surface area contributed by atoms with Gasteiger partial charge in [-0.15, -0.1) is 0 Å². The highest BCUT2D eigenvalue weighted by molar-refractivity contribution is 7.90. The maximum atomic E-state index is 13.1. The molecule has 5 rings (SSSR count). The van der Waals surface area contributed by atoms with E-state index in [1.54, 1.807) is 24.3 Å². The summed E-state index contributed by atoms with van der Waals surface area (Å²) in [5.41, 5.74) is 12.2. The van der Waals surface area contributed by atoms with Crippen molar-refractivity contribution in [1.29, 1.82) is 0 Å². The van der Waals surface area contributed by atoms with Crippen LogP contribution in [0.25, 0.3) is 22.0 Å². The fourth-order valence-corrected chi connectivity index (χ4v) is 7.38. The molecule has 0 bridgehead atoms. The molecule has 0 radical (unpaired) electrons. The molecule has 1 aromatic heterocycles. The Morgan fingerprint density at radius 1 is 0.974 bits per heavy atom. The van der Waals surface area contributed by atoms with Gasteiger partial charge in [0.1, 0.15) is 0 Å². The van der Waals surface area contributed by atoms with Crippen LogP contribution in [0.15, 0.2) is 65.7 Å². The van der Waals surface area contributed by atoms with E-state index >= 15 is 0 Å². The fraction of sp³-hybridized carbons (Fsp3) is 0.355. The number of hydrogen-bond donors (Lipinski definition) is 2. The van der Waals surface area contributed by atoms with Gasteiger partial charge in [-0.25, -0.2) is 18.4 Å². The van der Waals surface area contributed by atoms with Crippen LogP contribution in [0.3, 0.4) is 0 Å². The number of nitrogens with two attached hydrogens (primary N) is 1. The fourth-order valence-electron chi connectivity index (χ4n) is 5.46. The molecule has 0 amide bonds. The van der Waals surface area contributed by atoms with Gasteiger partial charge >= 0.3 is 0 Å². The summed E-state index contributed by atoms with van der Waals surface area (Å²) in [6.07, 6.45) is 7.65. The first-order valence-electron chi connectivity index (χ1n) is 13.7. The molecule has 39 heavy (non-hydrogen) atoms. The summed E-state index contributed by atoms with van der Waals surface area (Å²) in [5.74, 6) is 0.571. The van der Waals surface area contributed by atoms with Crippen molar-refractivity contribution in [3.05, 3.63) is 82.5 Å². The van der Waals surface area contributed by atoms with Gasteiger partial charge in [-0.1, -0.05) is 55.8 Å². The first-order chi connectivity index (χ1) is 18.8. The summed E-state index contributed by atoms with van der Waals surface area (Å²) in [5, 5.41) is 4.75. The van der Waals surface area contributed by atoms with Gasteiger partial charge in [0.15, 0.2) is 9.84 Å². The summed E-state index contributed by atoms with van der Waals surface area (Å²) in [6.45, 7) is 4.23. The third-order valence-corrected chi connectivity index (χ3v) is 9.82. The van der Waals surface area contributed by atoms with E-state index in [9.17, 15) is 8.42 Å². The van der Waals surface area contributed by atoms with Crippen molar-refractivity contribution in [3.8, 4) is 11.1 Å². The van der Waals surface area contributed by atoms with Gasteiger partial charge in [0.2, 0.25) is 5.95 Å². The second-order valence-electron chi connectivity index (χ2n) is 10.4. The van der Waals surface area contributed by atoms with Gasteiger partial charge in [-0.05, 0) is 90.6 Å². The van der Waals surface area contributed by atoms with Crippen LogP contribution in [0.4, 0.5) is 5.95 Å². The Kier molecular flexibility index (Phi) is 8.21. The Morgan fingerprint density at radius 2 is 1.72 bits per heavy atom. The maximum absolute atomic E-state index is 13.1. The van der Waals surface area contributed by atoms with Crippen LogP contribution in [0, 0.1) is 0 Å². The number of halogens is 1. The zero-order chi connectivity index (χ0) is 27.6. The number of hydrogen-bond acceptors (Lipinski definition) is 6. The summed E-state index contributed by atoms with van der Waals surface area (Å²) < 4.78 is 26.1. The predicted octanol–water partition coefficient (Wildman–Crippen LogP) is 6.73. The smallest absolute Gasteiger partial charge is 0.223 e. The van der Waals surface area contributed by atoms with Crippen molar-refractivity contribution in [3.63, 3.8) is 0 Å². The molecule has 6 nitrogen and oxygen atoms in total. The van der Waals surface area contributed by atoms with E-state index in [2.05, 4.69) is 36.3 Å². The third-order valence-electron chi connectivity index (χ3n) is 7.64. The number of aromatic nitrogens is 2. The van der Waals surface area contributed by atoms with E-state index in [0.29, 0.717) is 18.0 Å². The van der Waals surface area contributed by atoms with Gasteiger partial charge in [-0.2, -0.15) is 0 Å². The largest absolute Gasteiger partial charge is 0.351 e. The van der Waals surface area contributed by atoms with Crippen LogP contribution in [0.5, 0.6) is 0 Å². The Labute approximate surface area is 235 Å². The predicted molar refractivity (Wildman–Crippen MR) is 160 cm³/mol. The zero-order valence-electron chi connectivity index (χ0n) is 22.5. The van der Waals surface area contributed by atoms with Crippen LogP contribution in [-0.2, 0) is 28.4 Å². The monoisotopic (exact) mass is 562 g/mol. The second kappa shape index (κ2) is 11.6. The third kappa shape index (κ3) is 6.11. The summed E-state index contributed by atoms with van der Waals surface area (Å²) in [4.78, 5) is 9.69. The van der Waals surface area contributed by atoms with Crippen LogP contribution < -0.4 is 11.1 Å². The van der Waals surface area contributed by atoms with Crippen LogP contribution in [0.2, 0.25) is 5.02 Å². The molecule has 0 unspecified atom stereocenters. The number of nitrogens with zero attached hydrogens (tertiary/aromatic N) is 2. The number of fused-ring (bicyclic) bond motifs is 1. The first-order valence-corrected chi connectivity index (χ1v) is 15.7. The van der Waals surface area contributed by atoms with E-state index in [1.807, 2.05) is 24.4 Å². The molecule has 0 saturated heterocycles. The molecule has 204 valence electrons. The normalized spacial score (nSPS) is 17.8. The summed E-state index contributed by atoms with van der Waals surface area (Å²) in [7, 11) is -3.56. The lowest BCUT2D eigenvalue weighted by molar-refractivity contribution is 0.410. The van der Waals surface area contributed by atoms with Gasteiger partial charge in [0, 0.05) is 23.7 Å². The quantitative estimate of drug-likeness (QED) is 0.247. The van der Waals surface area contributed by atoms with Crippen molar-refractivity contribution in [2.24, 2.45) is 5.73 Å². The van der Waals surface area contributed by atoms with Gasteiger partial charge in [-0.3, -0.25) is 0 Å². The lowest BCUT2D eigenvalue weighted by atomic mass is 9.92. The highest BCUT2D eigenvalue weighted by atomic mass is 35.5. The van der Waals surface area contributed by atoms with Crippen LogP contribution >= 0.6 is 11.6 Å². The van der Waals surface area contributed by atoms with Gasteiger partial charge in [0.25, 0.3) is 0 Å². The molecule has 1 saturated carbocycles. The molecule has 4 aromatic rings. The molecule has 0 aliphatic heterocycles. The minimum Gasteiger partial charge on any atom is -0.351 e. The first kappa shape index (κ1) is 27.6. The van der Waals surface area contributed by atoms with E-state index in [4.69, 9.17) is 22.3 Å². The van der Waals surface area contributed by atoms with E-state index in [1.165, 1.54) is 0 Å². The number of nitrogens with one attached hydrogen (secondary N) is 1. The number of sulfone groups is 1. The molecular weight excluding hydrogens is 528 g/mol. The minimum atomic E-state index is -3.56. The number of benzene rings is 3. The minimum absolute atomic E-state index is 0.0987. The Morgan fingerprint density at radius 3 is 2.44 bits per heavy atom. The highest BCUT2D eigenvalue weighted by Crippen LogP contribution is 2.32. The average Bonchev–Trinajstić information content (AvgIpc) is 2.93. The van der Waals surface area contributed by atoms with Crippen LogP contribution in [0.1, 0.15) is 56.2 Å². The maximum Gasteiger partial charge on any atom is 0.223 e. The number of anilines is 1. The molecule has 1 aliphatic carbocycles. The van der Waals surface area contributed by atoms with Crippen LogP contribution in [-0.4, -0.2) is 30.5 Å². The Balaban J connectivity index is 1.44. The average molecular weight is 563 g/mol.